The average molecular weight is 215 g/mol. The van der Waals surface area contributed by atoms with Gasteiger partial charge in [-0.15, -0.1) is 0 Å². The second kappa shape index (κ2) is 6.49. The van der Waals surface area contributed by atoms with Crippen LogP contribution < -0.4 is 5.32 Å². The van der Waals surface area contributed by atoms with E-state index in [1.54, 1.807) is 0 Å². The summed E-state index contributed by atoms with van der Waals surface area (Å²) in [4.78, 5) is 0. The first-order chi connectivity index (χ1) is 6.89. The zero-order valence-electron chi connectivity index (χ0n) is 11.4. The highest BCUT2D eigenvalue weighted by molar-refractivity contribution is 4.83. The van der Waals surface area contributed by atoms with Crippen molar-refractivity contribution in [1.29, 1.82) is 0 Å². The number of rotatable bonds is 7. The number of hydrogen-bond donors (Lipinski definition) is 1. The van der Waals surface area contributed by atoms with Gasteiger partial charge in [0.15, 0.2) is 0 Å². The van der Waals surface area contributed by atoms with E-state index in [-0.39, 0.29) is 5.60 Å². The Kier molecular flexibility index (Phi) is 6.46. The molecule has 0 saturated carbocycles. The first-order valence-electron chi connectivity index (χ1n) is 6.28. The summed E-state index contributed by atoms with van der Waals surface area (Å²) in [6, 6.07) is 0. The predicted octanol–water partition coefficient (Wildman–Crippen LogP) is 3.36. The van der Waals surface area contributed by atoms with Gasteiger partial charge in [0.05, 0.1) is 12.2 Å². The van der Waals surface area contributed by atoms with Crippen molar-refractivity contribution in [2.75, 3.05) is 13.2 Å². The van der Waals surface area contributed by atoms with E-state index in [1.165, 1.54) is 19.3 Å². The third-order valence-electron chi connectivity index (χ3n) is 3.17. The Hall–Kier alpha value is -0.0800. The predicted molar refractivity (Wildman–Crippen MR) is 67.3 cm³/mol. The quantitative estimate of drug-likeness (QED) is 0.658. The maximum Gasteiger partial charge on any atom is 0.0599 e. The van der Waals surface area contributed by atoms with Crippen LogP contribution in [0, 0.1) is 0 Å². The number of nitrogens with one attached hydrogen (secondary N) is 1. The Balaban J connectivity index is 3.82. The molecule has 0 heterocycles. The highest BCUT2D eigenvalue weighted by Crippen LogP contribution is 2.18. The summed E-state index contributed by atoms with van der Waals surface area (Å²) in [6.45, 7) is 14.8. The van der Waals surface area contributed by atoms with Crippen LogP contribution in [0.5, 0.6) is 0 Å². The molecule has 0 radical (unpaired) electrons. The minimum Gasteiger partial charge on any atom is -0.375 e. The van der Waals surface area contributed by atoms with E-state index in [9.17, 15) is 0 Å². The lowest BCUT2D eigenvalue weighted by Gasteiger charge is -2.32. The van der Waals surface area contributed by atoms with Gasteiger partial charge in [-0.05, 0) is 40.0 Å². The first kappa shape index (κ1) is 14.9. The highest BCUT2D eigenvalue weighted by Gasteiger charge is 2.22. The molecule has 0 fully saturated rings. The third kappa shape index (κ3) is 6.16. The molecule has 0 aliphatic rings. The largest absolute Gasteiger partial charge is 0.375 e. The SMILES string of the molecule is CCC(CC)(CC)NCCOC(C)(C)C. The lowest BCUT2D eigenvalue weighted by atomic mass is 9.90. The molecule has 1 N–H and O–H groups in total. The van der Waals surface area contributed by atoms with E-state index in [4.69, 9.17) is 4.74 Å². The van der Waals surface area contributed by atoms with Crippen LogP contribution in [0.2, 0.25) is 0 Å². The second-order valence-corrected chi connectivity index (χ2v) is 5.23. The van der Waals surface area contributed by atoms with Gasteiger partial charge in [0.2, 0.25) is 0 Å². The molecule has 0 rings (SSSR count). The van der Waals surface area contributed by atoms with E-state index in [0.717, 1.165) is 13.2 Å². The number of ether oxygens (including phenoxy) is 1. The van der Waals surface area contributed by atoms with Crippen LogP contribution in [0.3, 0.4) is 0 Å². The summed E-state index contributed by atoms with van der Waals surface area (Å²) in [5, 5.41) is 3.63. The van der Waals surface area contributed by atoms with E-state index in [1.807, 2.05) is 0 Å². The maximum atomic E-state index is 5.70. The molecule has 0 aromatic heterocycles. The molecule has 0 aromatic rings. The Morgan fingerprint density at radius 2 is 1.40 bits per heavy atom. The Labute approximate surface area is 95.8 Å². The fourth-order valence-corrected chi connectivity index (χ4v) is 1.80. The molecule has 0 aliphatic carbocycles. The topological polar surface area (TPSA) is 21.3 Å². The molecule has 0 spiro atoms. The van der Waals surface area contributed by atoms with Gasteiger partial charge in [-0.3, -0.25) is 0 Å². The molecular formula is C13H29NO. The molecule has 0 bridgehead atoms. The minimum atomic E-state index is -0.0189. The van der Waals surface area contributed by atoms with E-state index < -0.39 is 0 Å². The van der Waals surface area contributed by atoms with Crippen molar-refractivity contribution in [3.8, 4) is 0 Å². The molecule has 0 amide bonds. The van der Waals surface area contributed by atoms with Crippen molar-refractivity contribution < 1.29 is 4.74 Å². The van der Waals surface area contributed by atoms with Crippen LogP contribution in [0.4, 0.5) is 0 Å². The van der Waals surface area contributed by atoms with E-state index in [2.05, 4.69) is 46.9 Å². The summed E-state index contributed by atoms with van der Waals surface area (Å²) in [7, 11) is 0. The van der Waals surface area contributed by atoms with E-state index in [0.29, 0.717) is 5.54 Å². The second-order valence-electron chi connectivity index (χ2n) is 5.23. The maximum absolute atomic E-state index is 5.70. The molecule has 0 atom stereocenters. The zero-order chi connectivity index (χ0) is 11.9. The van der Waals surface area contributed by atoms with E-state index >= 15 is 0 Å². The third-order valence-corrected chi connectivity index (χ3v) is 3.17. The van der Waals surface area contributed by atoms with Gasteiger partial charge in [-0.1, -0.05) is 20.8 Å². The van der Waals surface area contributed by atoms with Crippen LogP contribution in [-0.2, 0) is 4.74 Å². The molecular weight excluding hydrogens is 186 g/mol. The standard InChI is InChI=1S/C13H29NO/c1-7-13(8-2,9-3)14-10-11-15-12(4,5)6/h14H,7-11H2,1-6H3. The van der Waals surface area contributed by atoms with Crippen molar-refractivity contribution in [1.82, 2.24) is 5.32 Å². The highest BCUT2D eigenvalue weighted by atomic mass is 16.5. The van der Waals surface area contributed by atoms with Crippen molar-refractivity contribution >= 4 is 0 Å². The molecule has 15 heavy (non-hydrogen) atoms. The molecule has 0 aromatic carbocycles. The summed E-state index contributed by atoms with van der Waals surface area (Å²) in [5.74, 6) is 0. The van der Waals surface area contributed by atoms with Gasteiger partial charge >= 0.3 is 0 Å². The fourth-order valence-electron chi connectivity index (χ4n) is 1.80. The molecule has 0 aliphatic heterocycles. The molecule has 2 nitrogen and oxygen atoms in total. The zero-order valence-corrected chi connectivity index (χ0v) is 11.4. The van der Waals surface area contributed by atoms with Gasteiger partial charge in [-0.2, -0.15) is 0 Å². The van der Waals surface area contributed by atoms with Crippen LogP contribution in [-0.4, -0.2) is 24.3 Å². The lowest BCUT2D eigenvalue weighted by Crippen LogP contribution is -2.45. The monoisotopic (exact) mass is 215 g/mol. The normalized spacial score (nSPS) is 13.2. The lowest BCUT2D eigenvalue weighted by molar-refractivity contribution is -0.00375. The molecule has 2 heteroatoms. The van der Waals surface area contributed by atoms with Crippen LogP contribution in [0.1, 0.15) is 60.8 Å². The van der Waals surface area contributed by atoms with Crippen LogP contribution in [0.25, 0.3) is 0 Å². The first-order valence-corrected chi connectivity index (χ1v) is 6.28. The smallest absolute Gasteiger partial charge is 0.0599 e. The Morgan fingerprint density at radius 1 is 0.933 bits per heavy atom. The van der Waals surface area contributed by atoms with Gasteiger partial charge in [-0.25, -0.2) is 0 Å². The van der Waals surface area contributed by atoms with Crippen molar-refractivity contribution in [2.45, 2.75) is 71.9 Å². The molecule has 92 valence electrons. The summed E-state index contributed by atoms with van der Waals surface area (Å²) in [6.07, 6.45) is 3.57. The van der Waals surface area contributed by atoms with Gasteiger partial charge in [0.1, 0.15) is 0 Å². The summed E-state index contributed by atoms with van der Waals surface area (Å²) >= 11 is 0. The Bertz CT molecular complexity index is 148. The summed E-state index contributed by atoms with van der Waals surface area (Å²) < 4.78 is 5.70. The summed E-state index contributed by atoms with van der Waals surface area (Å²) in [5.41, 5.74) is 0.302. The van der Waals surface area contributed by atoms with Gasteiger partial charge in [0, 0.05) is 12.1 Å². The average Bonchev–Trinajstić information content (AvgIpc) is 2.18. The van der Waals surface area contributed by atoms with Crippen LogP contribution >= 0.6 is 0 Å². The van der Waals surface area contributed by atoms with Crippen molar-refractivity contribution in [3.05, 3.63) is 0 Å². The molecule has 0 unspecified atom stereocenters. The van der Waals surface area contributed by atoms with Crippen molar-refractivity contribution in [3.63, 3.8) is 0 Å². The Morgan fingerprint density at radius 3 is 1.73 bits per heavy atom. The van der Waals surface area contributed by atoms with Crippen molar-refractivity contribution in [2.24, 2.45) is 0 Å². The van der Waals surface area contributed by atoms with Crippen LogP contribution in [0.15, 0.2) is 0 Å². The minimum absolute atomic E-state index is 0.0189. The fraction of sp³-hybridized carbons (Fsp3) is 1.00. The van der Waals surface area contributed by atoms with Gasteiger partial charge < -0.3 is 10.1 Å². The van der Waals surface area contributed by atoms with Gasteiger partial charge in [0.25, 0.3) is 0 Å². The number of hydrogen-bond acceptors (Lipinski definition) is 2. The molecule has 0 saturated heterocycles.